The zero-order valence-corrected chi connectivity index (χ0v) is 17.5. The highest BCUT2D eigenvalue weighted by atomic mass is 32.1. The van der Waals surface area contributed by atoms with Gasteiger partial charge in [0.05, 0.1) is 11.5 Å². The van der Waals surface area contributed by atoms with Crippen molar-refractivity contribution in [1.82, 2.24) is 4.98 Å². The first-order chi connectivity index (χ1) is 14.9. The van der Waals surface area contributed by atoms with E-state index < -0.39 is 11.7 Å². The van der Waals surface area contributed by atoms with Crippen molar-refractivity contribution in [3.05, 3.63) is 76.8 Å². The molecule has 0 aliphatic carbocycles. The van der Waals surface area contributed by atoms with Crippen molar-refractivity contribution in [2.24, 2.45) is 5.92 Å². The highest BCUT2D eigenvalue weighted by molar-refractivity contribution is 7.15. The number of thiazole rings is 1. The molecule has 1 amide bonds. The average molecular weight is 446 g/mol. The van der Waals surface area contributed by atoms with Gasteiger partial charge in [-0.3, -0.25) is 4.79 Å². The predicted octanol–water partition coefficient (Wildman–Crippen LogP) is 5.61. The van der Waals surface area contributed by atoms with Crippen molar-refractivity contribution in [3.8, 4) is 0 Å². The first-order valence-corrected chi connectivity index (χ1v) is 10.9. The molecule has 4 nitrogen and oxygen atoms in total. The number of anilines is 2. The number of piperidine rings is 1. The summed E-state index contributed by atoms with van der Waals surface area (Å²) < 4.78 is 38.1. The summed E-state index contributed by atoms with van der Waals surface area (Å²) in [6, 6.07) is 15.2. The number of carbonyl (C=O) groups is 1. The summed E-state index contributed by atoms with van der Waals surface area (Å²) in [4.78, 5) is 20.1. The smallest absolute Gasteiger partial charge is 0.371 e. The lowest BCUT2D eigenvalue weighted by atomic mass is 9.96. The Kier molecular flexibility index (Phi) is 6.27. The minimum atomic E-state index is -4.34. The third-order valence-electron chi connectivity index (χ3n) is 5.36. The second-order valence-corrected chi connectivity index (χ2v) is 8.73. The molecule has 4 rings (SSSR count). The standard InChI is InChI=1S/C23H22F3N3OS/c24-23(25,26)18-10-8-16(9-11-18)13-20-14-27-22(31-20)28-21(30)17-5-4-12-29(15-17)19-6-2-1-3-7-19/h1-3,6-11,14,17H,4-5,12-13,15H2,(H,27,28,30). The molecule has 162 valence electrons. The number of aromatic nitrogens is 1. The molecule has 1 aliphatic heterocycles. The Hall–Kier alpha value is -2.87. The van der Waals surface area contributed by atoms with Crippen LogP contribution in [0.5, 0.6) is 0 Å². The Morgan fingerprint density at radius 1 is 1.13 bits per heavy atom. The van der Waals surface area contributed by atoms with Crippen molar-refractivity contribution < 1.29 is 18.0 Å². The molecule has 0 radical (unpaired) electrons. The number of halogens is 3. The van der Waals surface area contributed by atoms with Gasteiger partial charge in [0.25, 0.3) is 0 Å². The van der Waals surface area contributed by atoms with Crippen LogP contribution in [0.1, 0.15) is 28.8 Å². The Balaban J connectivity index is 1.34. The van der Waals surface area contributed by atoms with Crippen LogP contribution < -0.4 is 10.2 Å². The van der Waals surface area contributed by atoms with E-state index in [4.69, 9.17) is 0 Å². The Morgan fingerprint density at radius 3 is 2.58 bits per heavy atom. The van der Waals surface area contributed by atoms with E-state index in [1.807, 2.05) is 18.2 Å². The summed E-state index contributed by atoms with van der Waals surface area (Å²) in [5.74, 6) is -0.160. The fourth-order valence-electron chi connectivity index (χ4n) is 3.73. The van der Waals surface area contributed by atoms with E-state index in [1.54, 1.807) is 6.20 Å². The lowest BCUT2D eigenvalue weighted by Crippen LogP contribution is -2.40. The fraction of sp³-hybridized carbons (Fsp3) is 0.304. The van der Waals surface area contributed by atoms with Gasteiger partial charge in [0, 0.05) is 36.3 Å². The van der Waals surface area contributed by atoms with E-state index in [0.717, 1.165) is 47.6 Å². The number of amides is 1. The summed E-state index contributed by atoms with van der Waals surface area (Å²) in [6.45, 7) is 1.60. The number of benzene rings is 2. The monoisotopic (exact) mass is 445 g/mol. The highest BCUT2D eigenvalue weighted by Crippen LogP contribution is 2.30. The van der Waals surface area contributed by atoms with Crippen LogP contribution in [-0.2, 0) is 17.4 Å². The molecule has 2 heterocycles. The molecule has 3 aromatic rings. The quantitative estimate of drug-likeness (QED) is 0.555. The van der Waals surface area contributed by atoms with Crippen molar-refractivity contribution in [2.45, 2.75) is 25.4 Å². The van der Waals surface area contributed by atoms with Crippen molar-refractivity contribution in [1.29, 1.82) is 0 Å². The summed E-state index contributed by atoms with van der Waals surface area (Å²) >= 11 is 1.35. The molecule has 1 atom stereocenters. The largest absolute Gasteiger partial charge is 0.416 e. The lowest BCUT2D eigenvalue weighted by molar-refractivity contribution is -0.137. The third-order valence-corrected chi connectivity index (χ3v) is 6.27. The van der Waals surface area contributed by atoms with Gasteiger partial charge in [-0.25, -0.2) is 4.98 Å². The maximum absolute atomic E-state index is 12.8. The molecule has 1 aliphatic rings. The van der Waals surface area contributed by atoms with Crippen LogP contribution in [0.15, 0.2) is 60.8 Å². The van der Waals surface area contributed by atoms with Gasteiger partial charge in [0.15, 0.2) is 5.13 Å². The van der Waals surface area contributed by atoms with E-state index in [1.165, 1.54) is 23.5 Å². The molecule has 1 unspecified atom stereocenters. The van der Waals surface area contributed by atoms with Gasteiger partial charge in [0.1, 0.15) is 0 Å². The number of alkyl halides is 3. The molecule has 1 saturated heterocycles. The first-order valence-electron chi connectivity index (χ1n) is 10.1. The molecular weight excluding hydrogens is 423 g/mol. The van der Waals surface area contributed by atoms with E-state index in [0.29, 0.717) is 18.1 Å². The van der Waals surface area contributed by atoms with Gasteiger partial charge in [-0.05, 0) is 42.7 Å². The molecule has 8 heteroatoms. The van der Waals surface area contributed by atoms with E-state index in [2.05, 4.69) is 27.3 Å². The minimum absolute atomic E-state index is 0.0453. The van der Waals surface area contributed by atoms with Crippen LogP contribution in [0, 0.1) is 5.92 Å². The van der Waals surface area contributed by atoms with Crippen LogP contribution in [0.25, 0.3) is 0 Å². The number of rotatable bonds is 5. The predicted molar refractivity (Wildman–Crippen MR) is 116 cm³/mol. The van der Waals surface area contributed by atoms with E-state index >= 15 is 0 Å². The molecule has 1 fully saturated rings. The number of hydrogen-bond acceptors (Lipinski definition) is 4. The maximum atomic E-state index is 12.8. The van der Waals surface area contributed by atoms with Crippen LogP contribution in [0.2, 0.25) is 0 Å². The minimum Gasteiger partial charge on any atom is -0.371 e. The van der Waals surface area contributed by atoms with E-state index in [-0.39, 0.29) is 11.8 Å². The summed E-state index contributed by atoms with van der Waals surface area (Å²) in [6.07, 6.45) is -0.426. The molecule has 1 aromatic heterocycles. The normalized spacial score (nSPS) is 16.9. The van der Waals surface area contributed by atoms with Crippen molar-refractivity contribution in [2.75, 3.05) is 23.3 Å². The van der Waals surface area contributed by atoms with Gasteiger partial charge in [-0.15, -0.1) is 11.3 Å². The second-order valence-electron chi connectivity index (χ2n) is 7.61. The highest BCUT2D eigenvalue weighted by Gasteiger charge is 2.30. The molecule has 0 spiro atoms. The van der Waals surface area contributed by atoms with Crippen LogP contribution in [-0.4, -0.2) is 24.0 Å². The molecule has 0 bridgehead atoms. The average Bonchev–Trinajstić information content (AvgIpc) is 3.21. The molecule has 31 heavy (non-hydrogen) atoms. The van der Waals surface area contributed by atoms with E-state index in [9.17, 15) is 18.0 Å². The fourth-order valence-corrected chi connectivity index (χ4v) is 4.58. The first kappa shape index (κ1) is 21.4. The van der Waals surface area contributed by atoms with Crippen LogP contribution in [0.3, 0.4) is 0 Å². The van der Waals surface area contributed by atoms with Gasteiger partial charge in [-0.1, -0.05) is 30.3 Å². The molecule has 0 saturated carbocycles. The third kappa shape index (κ3) is 5.44. The topological polar surface area (TPSA) is 45.2 Å². The van der Waals surface area contributed by atoms with Crippen LogP contribution in [0.4, 0.5) is 24.0 Å². The number of nitrogens with zero attached hydrogens (tertiary/aromatic N) is 2. The number of hydrogen-bond donors (Lipinski definition) is 1. The zero-order valence-electron chi connectivity index (χ0n) is 16.7. The molecule has 2 aromatic carbocycles. The molecular formula is C23H22F3N3OS. The van der Waals surface area contributed by atoms with Gasteiger partial charge in [-0.2, -0.15) is 13.2 Å². The molecule has 1 N–H and O–H groups in total. The second kappa shape index (κ2) is 9.09. The Morgan fingerprint density at radius 2 is 1.87 bits per heavy atom. The number of para-hydroxylation sites is 1. The Bertz CT molecular complexity index is 1020. The van der Waals surface area contributed by atoms with Crippen LogP contribution >= 0.6 is 11.3 Å². The Labute approximate surface area is 182 Å². The van der Waals surface area contributed by atoms with Crippen molar-refractivity contribution in [3.63, 3.8) is 0 Å². The summed E-state index contributed by atoms with van der Waals surface area (Å²) in [5.41, 5.74) is 1.22. The summed E-state index contributed by atoms with van der Waals surface area (Å²) in [5, 5.41) is 3.43. The van der Waals surface area contributed by atoms with Gasteiger partial charge < -0.3 is 10.2 Å². The van der Waals surface area contributed by atoms with Crippen molar-refractivity contribution >= 4 is 28.1 Å². The lowest BCUT2D eigenvalue weighted by Gasteiger charge is -2.33. The van der Waals surface area contributed by atoms with Gasteiger partial charge >= 0.3 is 6.18 Å². The van der Waals surface area contributed by atoms with Gasteiger partial charge in [0.2, 0.25) is 5.91 Å². The number of carbonyl (C=O) groups excluding carboxylic acids is 1. The number of nitrogens with one attached hydrogen (secondary N) is 1. The SMILES string of the molecule is O=C(Nc1ncc(Cc2ccc(C(F)(F)F)cc2)s1)C1CCCN(c2ccccc2)C1. The maximum Gasteiger partial charge on any atom is 0.416 e. The zero-order chi connectivity index (χ0) is 21.8. The summed E-state index contributed by atoms with van der Waals surface area (Å²) in [7, 11) is 0.